The van der Waals surface area contributed by atoms with Crippen LogP contribution in [0.4, 0.5) is 0 Å². The first-order valence-electron chi connectivity index (χ1n) is 9.71. The highest BCUT2D eigenvalue weighted by Crippen LogP contribution is 2.13. The summed E-state index contributed by atoms with van der Waals surface area (Å²) in [4.78, 5) is 0. The van der Waals surface area contributed by atoms with Crippen molar-refractivity contribution >= 4 is 0 Å². The first-order valence-corrected chi connectivity index (χ1v) is 9.71. The van der Waals surface area contributed by atoms with E-state index in [4.69, 9.17) is 5.73 Å². The van der Waals surface area contributed by atoms with Crippen molar-refractivity contribution in [1.29, 1.82) is 0 Å². The molecule has 1 atom stereocenters. The van der Waals surface area contributed by atoms with Gasteiger partial charge in [-0.15, -0.1) is 0 Å². The lowest BCUT2D eigenvalue weighted by Crippen LogP contribution is -2.31. The number of likely N-dealkylation sites (N-methyl/N-ethyl adjacent to an activating group) is 1. The molecule has 128 valence electrons. The number of rotatable bonds is 17. The SMILES string of the molecule is CCCCCCCCCCCCCCCCC(N)CNC. The third-order valence-corrected chi connectivity index (χ3v) is 4.39. The van der Waals surface area contributed by atoms with Crippen LogP contribution in [0.15, 0.2) is 0 Å². The highest BCUT2D eigenvalue weighted by atomic mass is 14.9. The van der Waals surface area contributed by atoms with Crippen molar-refractivity contribution < 1.29 is 0 Å². The van der Waals surface area contributed by atoms with E-state index in [0.29, 0.717) is 6.04 Å². The Morgan fingerprint density at radius 1 is 0.667 bits per heavy atom. The van der Waals surface area contributed by atoms with Crippen LogP contribution in [-0.4, -0.2) is 19.6 Å². The minimum Gasteiger partial charge on any atom is -0.327 e. The van der Waals surface area contributed by atoms with Gasteiger partial charge in [0.2, 0.25) is 0 Å². The molecule has 0 rings (SSSR count). The van der Waals surface area contributed by atoms with Crippen molar-refractivity contribution in [3.8, 4) is 0 Å². The number of nitrogens with one attached hydrogen (secondary N) is 1. The van der Waals surface area contributed by atoms with Gasteiger partial charge in [0.05, 0.1) is 0 Å². The zero-order chi connectivity index (χ0) is 15.6. The molecule has 0 aliphatic heterocycles. The van der Waals surface area contributed by atoms with Crippen LogP contribution >= 0.6 is 0 Å². The molecular formula is C19H42N2. The summed E-state index contributed by atoms with van der Waals surface area (Å²) in [5, 5.41) is 3.14. The zero-order valence-corrected chi connectivity index (χ0v) is 15.0. The van der Waals surface area contributed by atoms with Crippen LogP contribution in [0.2, 0.25) is 0 Å². The molecule has 0 amide bonds. The monoisotopic (exact) mass is 298 g/mol. The molecule has 0 aromatic heterocycles. The Balaban J connectivity index is 2.99. The third-order valence-electron chi connectivity index (χ3n) is 4.39. The van der Waals surface area contributed by atoms with Crippen LogP contribution in [0.3, 0.4) is 0 Å². The number of hydrogen-bond acceptors (Lipinski definition) is 2. The molecule has 0 spiro atoms. The van der Waals surface area contributed by atoms with E-state index in [1.165, 1.54) is 96.3 Å². The summed E-state index contributed by atoms with van der Waals surface area (Å²) < 4.78 is 0. The molecule has 3 N–H and O–H groups in total. The van der Waals surface area contributed by atoms with E-state index < -0.39 is 0 Å². The van der Waals surface area contributed by atoms with Gasteiger partial charge in [0.25, 0.3) is 0 Å². The van der Waals surface area contributed by atoms with Crippen molar-refractivity contribution in [3.05, 3.63) is 0 Å². The van der Waals surface area contributed by atoms with E-state index in [-0.39, 0.29) is 0 Å². The number of nitrogens with two attached hydrogens (primary N) is 1. The second kappa shape index (κ2) is 18.0. The molecule has 0 saturated heterocycles. The molecule has 0 saturated carbocycles. The topological polar surface area (TPSA) is 38.0 Å². The van der Waals surface area contributed by atoms with Crippen molar-refractivity contribution in [2.75, 3.05) is 13.6 Å². The summed E-state index contributed by atoms with van der Waals surface area (Å²) in [5.74, 6) is 0. The van der Waals surface area contributed by atoms with E-state index >= 15 is 0 Å². The fourth-order valence-corrected chi connectivity index (χ4v) is 2.97. The van der Waals surface area contributed by atoms with Crippen molar-refractivity contribution in [2.24, 2.45) is 5.73 Å². The smallest absolute Gasteiger partial charge is 0.0165 e. The minimum absolute atomic E-state index is 0.354. The molecule has 0 aromatic carbocycles. The maximum Gasteiger partial charge on any atom is 0.0165 e. The van der Waals surface area contributed by atoms with Gasteiger partial charge < -0.3 is 11.1 Å². The van der Waals surface area contributed by atoms with Gasteiger partial charge in [-0.25, -0.2) is 0 Å². The largest absolute Gasteiger partial charge is 0.327 e. The molecular weight excluding hydrogens is 256 g/mol. The average Bonchev–Trinajstić information content (AvgIpc) is 2.48. The summed E-state index contributed by atoms with van der Waals surface area (Å²) in [6.07, 6.45) is 21.1. The van der Waals surface area contributed by atoms with Crippen LogP contribution in [-0.2, 0) is 0 Å². The molecule has 2 nitrogen and oxygen atoms in total. The first-order chi connectivity index (χ1) is 10.3. The van der Waals surface area contributed by atoms with Gasteiger partial charge >= 0.3 is 0 Å². The molecule has 21 heavy (non-hydrogen) atoms. The minimum atomic E-state index is 0.354. The summed E-state index contributed by atoms with van der Waals surface area (Å²) in [6.45, 7) is 3.25. The van der Waals surface area contributed by atoms with Gasteiger partial charge in [-0.1, -0.05) is 96.8 Å². The highest BCUT2D eigenvalue weighted by molar-refractivity contribution is 4.62. The van der Waals surface area contributed by atoms with Crippen LogP contribution in [0.5, 0.6) is 0 Å². The van der Waals surface area contributed by atoms with Gasteiger partial charge in [0.1, 0.15) is 0 Å². The normalized spacial score (nSPS) is 12.7. The molecule has 0 aliphatic rings. The van der Waals surface area contributed by atoms with E-state index in [1.807, 2.05) is 7.05 Å². The van der Waals surface area contributed by atoms with Gasteiger partial charge in [0.15, 0.2) is 0 Å². The Hall–Kier alpha value is -0.0800. The molecule has 2 heteroatoms. The maximum atomic E-state index is 5.97. The van der Waals surface area contributed by atoms with Gasteiger partial charge in [-0.3, -0.25) is 0 Å². The lowest BCUT2D eigenvalue weighted by Gasteiger charge is -2.10. The van der Waals surface area contributed by atoms with Gasteiger partial charge in [-0.2, -0.15) is 0 Å². The summed E-state index contributed by atoms with van der Waals surface area (Å²) >= 11 is 0. The fourth-order valence-electron chi connectivity index (χ4n) is 2.97. The van der Waals surface area contributed by atoms with E-state index in [2.05, 4.69) is 12.2 Å². The fraction of sp³-hybridized carbons (Fsp3) is 1.00. The average molecular weight is 299 g/mol. The molecule has 0 heterocycles. The molecule has 0 radical (unpaired) electrons. The number of unbranched alkanes of at least 4 members (excludes halogenated alkanes) is 13. The van der Waals surface area contributed by atoms with Crippen molar-refractivity contribution in [2.45, 2.75) is 109 Å². The van der Waals surface area contributed by atoms with Gasteiger partial charge in [-0.05, 0) is 13.5 Å². The lowest BCUT2D eigenvalue weighted by atomic mass is 10.0. The second-order valence-electron chi connectivity index (χ2n) is 6.70. The second-order valence-corrected chi connectivity index (χ2v) is 6.70. The predicted octanol–water partition coefficient (Wildman–Crippen LogP) is 5.40. The van der Waals surface area contributed by atoms with Crippen LogP contribution in [0, 0.1) is 0 Å². The molecule has 0 bridgehead atoms. The Bertz CT molecular complexity index is 182. The first kappa shape index (κ1) is 20.9. The summed E-state index contributed by atoms with van der Waals surface area (Å²) in [5.41, 5.74) is 5.97. The Morgan fingerprint density at radius 2 is 1.05 bits per heavy atom. The van der Waals surface area contributed by atoms with Crippen molar-refractivity contribution in [1.82, 2.24) is 5.32 Å². The third kappa shape index (κ3) is 17.9. The summed E-state index contributed by atoms with van der Waals surface area (Å²) in [6, 6.07) is 0.354. The Morgan fingerprint density at radius 3 is 1.43 bits per heavy atom. The maximum absolute atomic E-state index is 5.97. The van der Waals surface area contributed by atoms with E-state index in [9.17, 15) is 0 Å². The molecule has 0 fully saturated rings. The standard InChI is InChI=1S/C19H42N2/c1-3-4-5-6-7-8-9-10-11-12-13-14-15-16-17-19(20)18-21-2/h19,21H,3-18,20H2,1-2H3. The molecule has 1 unspecified atom stereocenters. The number of hydrogen-bond donors (Lipinski definition) is 2. The van der Waals surface area contributed by atoms with E-state index in [1.54, 1.807) is 0 Å². The van der Waals surface area contributed by atoms with Gasteiger partial charge in [0, 0.05) is 12.6 Å². The van der Waals surface area contributed by atoms with E-state index in [0.717, 1.165) is 6.54 Å². The Labute approximate surface area is 134 Å². The highest BCUT2D eigenvalue weighted by Gasteiger charge is 2.00. The Kier molecular flexibility index (Phi) is 17.9. The quantitative estimate of drug-likeness (QED) is 0.353. The van der Waals surface area contributed by atoms with Crippen LogP contribution in [0.25, 0.3) is 0 Å². The lowest BCUT2D eigenvalue weighted by molar-refractivity contribution is 0.507. The van der Waals surface area contributed by atoms with Crippen LogP contribution < -0.4 is 11.1 Å². The predicted molar refractivity (Wildman–Crippen MR) is 96.8 cm³/mol. The zero-order valence-electron chi connectivity index (χ0n) is 15.0. The van der Waals surface area contributed by atoms with Crippen LogP contribution in [0.1, 0.15) is 103 Å². The van der Waals surface area contributed by atoms with Crippen molar-refractivity contribution in [3.63, 3.8) is 0 Å². The molecule has 0 aromatic rings. The molecule has 0 aliphatic carbocycles. The summed E-state index contributed by atoms with van der Waals surface area (Å²) in [7, 11) is 1.98.